The number of anilines is 1. The number of benzene rings is 1. The Hall–Kier alpha value is -3.66. The predicted octanol–water partition coefficient (Wildman–Crippen LogP) is 4.50. The molecule has 0 saturated carbocycles. The second-order valence-corrected chi connectivity index (χ2v) is 7.44. The number of rotatable bonds is 5. The second kappa shape index (κ2) is 8.23. The van der Waals surface area contributed by atoms with Gasteiger partial charge in [-0.1, -0.05) is 6.07 Å². The lowest BCUT2D eigenvalue weighted by Crippen LogP contribution is -2.15. The molecule has 0 saturated heterocycles. The minimum absolute atomic E-state index is 0.219. The van der Waals surface area contributed by atoms with E-state index in [-0.39, 0.29) is 11.3 Å². The van der Waals surface area contributed by atoms with Gasteiger partial charge in [0.25, 0.3) is 5.91 Å². The molecule has 0 aliphatic heterocycles. The van der Waals surface area contributed by atoms with Gasteiger partial charge in [0.2, 0.25) is 0 Å². The quantitative estimate of drug-likeness (QED) is 0.460. The summed E-state index contributed by atoms with van der Waals surface area (Å²) >= 11 is 1.46. The molecule has 0 atom stereocenters. The molecule has 0 radical (unpaired) electrons. The molecule has 4 aromatic rings. The van der Waals surface area contributed by atoms with Gasteiger partial charge in [-0.15, -0.1) is 11.3 Å². The third-order valence-corrected chi connectivity index (χ3v) is 5.53. The van der Waals surface area contributed by atoms with Crippen LogP contribution in [0, 0.1) is 11.6 Å². The summed E-state index contributed by atoms with van der Waals surface area (Å²) in [6.07, 6.45) is 1.51. The van der Waals surface area contributed by atoms with E-state index in [2.05, 4.69) is 20.1 Å². The first-order valence-corrected chi connectivity index (χ1v) is 10.1. The van der Waals surface area contributed by atoms with Crippen molar-refractivity contribution in [3.63, 3.8) is 0 Å². The van der Waals surface area contributed by atoms with Crippen molar-refractivity contribution in [1.82, 2.24) is 14.8 Å². The molecule has 31 heavy (non-hydrogen) atoms. The van der Waals surface area contributed by atoms with Crippen molar-refractivity contribution in [2.75, 3.05) is 12.4 Å². The van der Waals surface area contributed by atoms with Gasteiger partial charge in [0, 0.05) is 12.6 Å². The van der Waals surface area contributed by atoms with E-state index in [9.17, 15) is 18.4 Å². The van der Waals surface area contributed by atoms with Crippen molar-refractivity contribution in [2.24, 2.45) is 0 Å². The third kappa shape index (κ3) is 3.77. The van der Waals surface area contributed by atoms with Crippen molar-refractivity contribution in [2.45, 2.75) is 13.5 Å². The molecule has 3 heterocycles. The molecule has 0 unspecified atom stereocenters. The number of nitrogens with zero attached hydrogens (tertiary/aromatic N) is 3. The summed E-state index contributed by atoms with van der Waals surface area (Å²) in [5.41, 5.74) is 0.456. The molecule has 0 fully saturated rings. The number of fused-ring (bicyclic) bond motifs is 1. The molecule has 0 aliphatic rings. The number of carbonyl (C=O) groups is 2. The van der Waals surface area contributed by atoms with Gasteiger partial charge in [-0.25, -0.2) is 23.2 Å². The van der Waals surface area contributed by atoms with Crippen molar-refractivity contribution >= 4 is 39.9 Å². The molecular formula is C21H16F2N4O3S. The Labute approximate surface area is 179 Å². The maximum Gasteiger partial charge on any atom is 0.340 e. The number of carbonyl (C=O) groups excluding carboxylic acids is 2. The largest absolute Gasteiger partial charge is 0.465 e. The van der Waals surface area contributed by atoms with Gasteiger partial charge < -0.3 is 10.1 Å². The Bertz CT molecular complexity index is 1300. The van der Waals surface area contributed by atoms with Crippen LogP contribution in [-0.4, -0.2) is 33.8 Å². The summed E-state index contributed by atoms with van der Waals surface area (Å²) in [5.74, 6) is -3.74. The molecule has 3 aromatic heterocycles. The molecule has 0 spiro atoms. The first-order chi connectivity index (χ1) is 14.9. The minimum Gasteiger partial charge on any atom is -0.465 e. The number of aromatic nitrogens is 3. The Balaban J connectivity index is 1.80. The Morgan fingerprint density at radius 1 is 1.19 bits per heavy atom. The van der Waals surface area contributed by atoms with Crippen molar-refractivity contribution in [3.8, 4) is 10.6 Å². The van der Waals surface area contributed by atoms with Crippen LogP contribution < -0.4 is 5.32 Å². The topological polar surface area (TPSA) is 86.1 Å². The third-order valence-electron chi connectivity index (χ3n) is 4.64. The van der Waals surface area contributed by atoms with Gasteiger partial charge in [0.15, 0.2) is 5.65 Å². The summed E-state index contributed by atoms with van der Waals surface area (Å²) in [7, 11) is 1.08. The van der Waals surface area contributed by atoms with Crippen LogP contribution in [0.1, 0.15) is 27.6 Å². The molecule has 1 N–H and O–H groups in total. The van der Waals surface area contributed by atoms with E-state index in [1.54, 1.807) is 10.7 Å². The molecule has 158 valence electrons. The molecule has 10 heteroatoms. The Kier molecular flexibility index (Phi) is 5.47. The summed E-state index contributed by atoms with van der Waals surface area (Å²) in [5, 5.41) is 9.04. The fourth-order valence-corrected chi connectivity index (χ4v) is 3.80. The zero-order valence-electron chi connectivity index (χ0n) is 16.5. The number of methoxy groups -OCH3 is 1. The van der Waals surface area contributed by atoms with Gasteiger partial charge in [-0.2, -0.15) is 5.10 Å². The number of hydrogen-bond donors (Lipinski definition) is 1. The second-order valence-electron chi connectivity index (χ2n) is 6.49. The van der Waals surface area contributed by atoms with Crippen molar-refractivity contribution < 1.29 is 23.1 Å². The lowest BCUT2D eigenvalue weighted by molar-refractivity contribution is 0.0595. The summed E-state index contributed by atoms with van der Waals surface area (Å²) in [6.45, 7) is 2.44. The van der Waals surface area contributed by atoms with Crippen LogP contribution >= 0.6 is 11.3 Å². The first-order valence-electron chi connectivity index (χ1n) is 9.22. The van der Waals surface area contributed by atoms with E-state index < -0.39 is 29.1 Å². The molecule has 0 aliphatic carbocycles. The molecule has 1 amide bonds. The van der Waals surface area contributed by atoms with E-state index in [4.69, 9.17) is 0 Å². The van der Waals surface area contributed by atoms with Crippen molar-refractivity contribution in [3.05, 3.63) is 64.7 Å². The van der Waals surface area contributed by atoms with Crippen LogP contribution in [0.5, 0.6) is 0 Å². The molecule has 7 nitrogen and oxygen atoms in total. The maximum atomic E-state index is 14.3. The summed E-state index contributed by atoms with van der Waals surface area (Å²) in [4.78, 5) is 30.3. The summed E-state index contributed by atoms with van der Waals surface area (Å²) in [6, 6.07) is 6.76. The lowest BCUT2D eigenvalue weighted by atomic mass is 10.1. The lowest BCUT2D eigenvalue weighted by Gasteiger charge is -2.11. The smallest absolute Gasteiger partial charge is 0.340 e. The van der Waals surface area contributed by atoms with Gasteiger partial charge in [-0.3, -0.25) is 4.79 Å². The number of esters is 1. The van der Waals surface area contributed by atoms with Crippen LogP contribution in [-0.2, 0) is 11.3 Å². The highest BCUT2D eigenvalue weighted by molar-refractivity contribution is 7.13. The number of ether oxygens (including phenoxy) is 1. The fraction of sp³-hybridized carbons (Fsp3) is 0.143. The number of aryl methyl sites for hydroxylation is 1. The van der Waals surface area contributed by atoms with Crippen LogP contribution in [0.15, 0.2) is 41.9 Å². The van der Waals surface area contributed by atoms with Crippen LogP contribution in [0.2, 0.25) is 0 Å². The van der Waals surface area contributed by atoms with Crippen LogP contribution in [0.25, 0.3) is 21.6 Å². The molecule has 4 rings (SSSR count). The highest BCUT2D eigenvalue weighted by Gasteiger charge is 2.21. The predicted molar refractivity (Wildman–Crippen MR) is 112 cm³/mol. The first kappa shape index (κ1) is 20.6. The average molecular weight is 442 g/mol. The zero-order chi connectivity index (χ0) is 22.1. The minimum atomic E-state index is -1.09. The highest BCUT2D eigenvalue weighted by Crippen LogP contribution is 2.29. The number of nitrogens with one attached hydrogen (secondary N) is 1. The Morgan fingerprint density at radius 2 is 2.00 bits per heavy atom. The average Bonchev–Trinajstić information content (AvgIpc) is 3.44. The van der Waals surface area contributed by atoms with Gasteiger partial charge >= 0.3 is 5.97 Å². The van der Waals surface area contributed by atoms with Gasteiger partial charge in [0.1, 0.15) is 11.6 Å². The van der Waals surface area contributed by atoms with Gasteiger partial charge in [0.05, 0.1) is 46.1 Å². The van der Waals surface area contributed by atoms with E-state index >= 15 is 0 Å². The monoisotopic (exact) mass is 442 g/mol. The van der Waals surface area contributed by atoms with Gasteiger partial charge in [-0.05, 0) is 30.5 Å². The van der Waals surface area contributed by atoms with Crippen molar-refractivity contribution in [1.29, 1.82) is 0 Å². The number of pyridine rings is 1. The number of thiophene rings is 1. The van der Waals surface area contributed by atoms with E-state index in [0.717, 1.165) is 18.1 Å². The van der Waals surface area contributed by atoms with E-state index in [1.165, 1.54) is 17.5 Å². The number of amides is 1. The maximum absolute atomic E-state index is 14.3. The van der Waals surface area contributed by atoms with E-state index in [0.29, 0.717) is 29.3 Å². The summed E-state index contributed by atoms with van der Waals surface area (Å²) < 4.78 is 34.4. The highest BCUT2D eigenvalue weighted by atomic mass is 32.1. The number of halogens is 2. The SMILES string of the molecule is CCn1ncc2c(C(=O)Nc3cc(C(=O)OC)c(F)cc3F)cc(-c3cccs3)nc21. The molecule has 1 aromatic carbocycles. The molecule has 0 bridgehead atoms. The van der Waals surface area contributed by atoms with Crippen LogP contribution in [0.4, 0.5) is 14.5 Å². The Morgan fingerprint density at radius 3 is 2.68 bits per heavy atom. The zero-order valence-corrected chi connectivity index (χ0v) is 17.3. The van der Waals surface area contributed by atoms with E-state index in [1.807, 2.05) is 24.4 Å². The standard InChI is InChI=1S/C21H16F2N4O3S/c1-3-27-19-13(10-24-27)11(7-17(25-19)18-5-4-6-31-18)20(28)26-16-8-12(21(29)30-2)14(22)9-15(16)23/h4-10H,3H2,1-2H3,(H,26,28). The number of hydrogen-bond acceptors (Lipinski definition) is 6. The fourth-order valence-electron chi connectivity index (χ4n) is 3.12. The molecular weight excluding hydrogens is 426 g/mol. The van der Waals surface area contributed by atoms with Crippen LogP contribution in [0.3, 0.4) is 0 Å². The normalized spacial score (nSPS) is 11.0.